The fourth-order valence-electron chi connectivity index (χ4n) is 1.15. The van der Waals surface area contributed by atoms with Gasteiger partial charge in [-0.25, -0.2) is 0 Å². The Balaban J connectivity index is 3.06. The summed E-state index contributed by atoms with van der Waals surface area (Å²) >= 11 is 0. The summed E-state index contributed by atoms with van der Waals surface area (Å²) in [5.41, 5.74) is -0.824. The molecule has 1 rings (SSSR count). The number of methoxy groups -OCH3 is 2. The van der Waals surface area contributed by atoms with Crippen LogP contribution in [-0.4, -0.2) is 25.2 Å². The second-order valence-electron chi connectivity index (χ2n) is 3.12. The number of hydrogen-bond donors (Lipinski definition) is 0. The Morgan fingerprint density at radius 2 is 2.06 bits per heavy atom. The minimum Gasteiger partial charge on any atom is -0.495 e. The van der Waals surface area contributed by atoms with Crippen LogP contribution in [0.15, 0.2) is 12.3 Å². The number of carbonyl (C=O) groups excluding carboxylic acids is 1. The topological polar surface area (TPSA) is 48.4 Å². The third kappa shape index (κ3) is 3.33. The van der Waals surface area contributed by atoms with Crippen molar-refractivity contribution in [3.8, 4) is 5.75 Å². The molecule has 1 heterocycles. The molecule has 7 heteroatoms. The second-order valence-corrected chi connectivity index (χ2v) is 3.12. The molecule has 0 aliphatic heterocycles. The third-order valence-electron chi connectivity index (χ3n) is 2.02. The van der Waals surface area contributed by atoms with Crippen LogP contribution in [0.1, 0.15) is 11.3 Å². The fraction of sp³-hybridized carbons (Fsp3) is 0.400. The number of esters is 1. The monoisotopic (exact) mass is 249 g/mol. The summed E-state index contributed by atoms with van der Waals surface area (Å²) < 4.78 is 46.3. The van der Waals surface area contributed by atoms with Crippen molar-refractivity contribution in [2.45, 2.75) is 12.6 Å². The number of nitrogens with zero attached hydrogens (tertiary/aromatic N) is 1. The van der Waals surface area contributed by atoms with E-state index in [-0.39, 0.29) is 17.9 Å². The van der Waals surface area contributed by atoms with E-state index in [1.54, 1.807) is 0 Å². The maximum absolute atomic E-state index is 12.4. The van der Waals surface area contributed by atoms with Gasteiger partial charge in [0.15, 0.2) is 0 Å². The van der Waals surface area contributed by atoms with E-state index in [2.05, 4.69) is 9.72 Å². The van der Waals surface area contributed by atoms with Crippen LogP contribution in [0.3, 0.4) is 0 Å². The molecule has 0 amide bonds. The summed E-state index contributed by atoms with van der Waals surface area (Å²) in [5, 5.41) is 0. The molecule has 0 spiro atoms. The molecular formula is C10H10F3NO3. The van der Waals surface area contributed by atoms with Crippen molar-refractivity contribution in [1.29, 1.82) is 0 Å². The molecule has 0 bridgehead atoms. The summed E-state index contributed by atoms with van der Waals surface area (Å²) in [7, 11) is 2.39. The lowest BCUT2D eigenvalue weighted by molar-refractivity contribution is -0.139. The van der Waals surface area contributed by atoms with Crippen LogP contribution in [0.4, 0.5) is 13.2 Å². The summed E-state index contributed by atoms with van der Waals surface area (Å²) in [6, 6.07) is 0.797. The highest BCUT2D eigenvalue weighted by atomic mass is 19.4. The minimum absolute atomic E-state index is 0.0924. The van der Waals surface area contributed by atoms with Crippen LogP contribution < -0.4 is 4.74 Å². The van der Waals surface area contributed by atoms with Crippen LogP contribution in [0, 0.1) is 0 Å². The SMILES string of the molecule is COC(=O)Cc1ncc(C(F)(F)F)cc1OC. The van der Waals surface area contributed by atoms with Crippen molar-refractivity contribution in [1.82, 2.24) is 4.98 Å². The summed E-state index contributed by atoms with van der Waals surface area (Å²) in [4.78, 5) is 14.5. The third-order valence-corrected chi connectivity index (χ3v) is 2.02. The lowest BCUT2D eigenvalue weighted by atomic mass is 10.2. The van der Waals surface area contributed by atoms with E-state index in [4.69, 9.17) is 4.74 Å². The average molecular weight is 249 g/mol. The first-order chi connectivity index (χ1) is 7.88. The van der Waals surface area contributed by atoms with Gasteiger partial charge in [-0.2, -0.15) is 13.2 Å². The van der Waals surface area contributed by atoms with Crippen molar-refractivity contribution in [2.24, 2.45) is 0 Å². The number of carbonyl (C=O) groups is 1. The normalized spacial score (nSPS) is 11.1. The van der Waals surface area contributed by atoms with Crippen LogP contribution in [0.2, 0.25) is 0 Å². The molecule has 94 valence electrons. The van der Waals surface area contributed by atoms with Gasteiger partial charge in [-0.05, 0) is 6.07 Å². The highest BCUT2D eigenvalue weighted by Gasteiger charge is 2.32. The number of rotatable bonds is 3. The maximum atomic E-state index is 12.4. The van der Waals surface area contributed by atoms with Crippen molar-refractivity contribution in [3.63, 3.8) is 0 Å². The Morgan fingerprint density at radius 1 is 1.41 bits per heavy atom. The molecule has 0 aliphatic carbocycles. The molecule has 0 unspecified atom stereocenters. The van der Waals surface area contributed by atoms with Crippen molar-refractivity contribution in [2.75, 3.05) is 14.2 Å². The Morgan fingerprint density at radius 3 is 2.53 bits per heavy atom. The predicted octanol–water partition coefficient (Wildman–Crippen LogP) is 1.82. The van der Waals surface area contributed by atoms with E-state index < -0.39 is 17.7 Å². The molecule has 1 aromatic heterocycles. The predicted molar refractivity (Wildman–Crippen MR) is 51.5 cm³/mol. The van der Waals surface area contributed by atoms with Crippen LogP contribution in [-0.2, 0) is 22.1 Å². The van der Waals surface area contributed by atoms with E-state index >= 15 is 0 Å². The molecule has 0 aromatic carbocycles. The van der Waals surface area contributed by atoms with Crippen LogP contribution >= 0.6 is 0 Å². The molecule has 0 saturated carbocycles. The second kappa shape index (κ2) is 5.03. The molecule has 0 atom stereocenters. The molecule has 0 fully saturated rings. The van der Waals surface area contributed by atoms with Gasteiger partial charge in [0.05, 0.1) is 31.9 Å². The Hall–Kier alpha value is -1.79. The number of ether oxygens (including phenoxy) is 2. The number of pyridine rings is 1. The van der Waals surface area contributed by atoms with Gasteiger partial charge in [-0.15, -0.1) is 0 Å². The van der Waals surface area contributed by atoms with Gasteiger partial charge in [-0.1, -0.05) is 0 Å². The maximum Gasteiger partial charge on any atom is 0.418 e. The average Bonchev–Trinajstić information content (AvgIpc) is 2.27. The zero-order valence-corrected chi connectivity index (χ0v) is 9.17. The summed E-state index contributed by atoms with van der Waals surface area (Å²) in [6.45, 7) is 0. The lowest BCUT2D eigenvalue weighted by Crippen LogP contribution is -2.11. The van der Waals surface area contributed by atoms with Gasteiger partial charge in [-0.3, -0.25) is 9.78 Å². The van der Waals surface area contributed by atoms with Crippen molar-refractivity contribution >= 4 is 5.97 Å². The van der Waals surface area contributed by atoms with E-state index in [1.807, 2.05) is 0 Å². The molecule has 0 aliphatic rings. The smallest absolute Gasteiger partial charge is 0.418 e. The molecule has 4 nitrogen and oxygen atoms in total. The zero-order chi connectivity index (χ0) is 13.1. The Kier molecular flexibility index (Phi) is 3.93. The zero-order valence-electron chi connectivity index (χ0n) is 9.17. The van der Waals surface area contributed by atoms with Gasteiger partial charge in [0.25, 0.3) is 0 Å². The number of alkyl halides is 3. The van der Waals surface area contributed by atoms with Gasteiger partial charge >= 0.3 is 12.1 Å². The fourth-order valence-corrected chi connectivity index (χ4v) is 1.15. The number of aromatic nitrogens is 1. The van der Waals surface area contributed by atoms with Crippen LogP contribution in [0.5, 0.6) is 5.75 Å². The molecule has 1 aromatic rings. The molecule has 0 radical (unpaired) electrons. The first-order valence-corrected chi connectivity index (χ1v) is 4.55. The molecule has 0 saturated heterocycles. The molecular weight excluding hydrogens is 239 g/mol. The first kappa shape index (κ1) is 13.3. The number of hydrogen-bond acceptors (Lipinski definition) is 4. The van der Waals surface area contributed by atoms with Crippen molar-refractivity contribution < 1.29 is 27.4 Å². The highest BCUT2D eigenvalue weighted by Crippen LogP contribution is 2.31. The van der Waals surface area contributed by atoms with E-state index in [9.17, 15) is 18.0 Å². The van der Waals surface area contributed by atoms with Crippen LogP contribution in [0.25, 0.3) is 0 Å². The standard InChI is InChI=1S/C10H10F3NO3/c1-16-8-3-6(10(11,12)13)5-14-7(8)4-9(15)17-2/h3,5H,4H2,1-2H3. The van der Waals surface area contributed by atoms with E-state index in [0.29, 0.717) is 6.20 Å². The quantitative estimate of drug-likeness (QED) is 0.767. The van der Waals surface area contributed by atoms with Crippen molar-refractivity contribution in [3.05, 3.63) is 23.5 Å². The Bertz CT molecular complexity index is 418. The minimum atomic E-state index is -4.50. The number of halogens is 3. The largest absolute Gasteiger partial charge is 0.495 e. The van der Waals surface area contributed by atoms with E-state index in [0.717, 1.165) is 6.07 Å². The van der Waals surface area contributed by atoms with Gasteiger partial charge in [0, 0.05) is 6.20 Å². The summed E-state index contributed by atoms with van der Waals surface area (Å²) in [5.74, 6) is -0.694. The summed E-state index contributed by atoms with van der Waals surface area (Å²) in [6.07, 6.45) is -4.08. The van der Waals surface area contributed by atoms with Gasteiger partial charge in [0.1, 0.15) is 5.75 Å². The van der Waals surface area contributed by atoms with Gasteiger partial charge in [0.2, 0.25) is 0 Å². The molecule has 0 N–H and O–H groups in total. The van der Waals surface area contributed by atoms with E-state index in [1.165, 1.54) is 14.2 Å². The molecule has 17 heavy (non-hydrogen) atoms. The first-order valence-electron chi connectivity index (χ1n) is 4.55. The lowest BCUT2D eigenvalue weighted by Gasteiger charge is -2.11. The Labute approximate surface area is 95.4 Å². The van der Waals surface area contributed by atoms with Gasteiger partial charge < -0.3 is 9.47 Å². The highest BCUT2D eigenvalue weighted by molar-refractivity contribution is 5.72.